The van der Waals surface area contributed by atoms with Crippen LogP contribution in [0.25, 0.3) is 0 Å². The number of hydrogen-bond donors (Lipinski definition) is 1. The third-order valence-corrected chi connectivity index (χ3v) is 5.41. The van der Waals surface area contributed by atoms with Gasteiger partial charge in [0.15, 0.2) is 0 Å². The van der Waals surface area contributed by atoms with Crippen molar-refractivity contribution in [3.05, 3.63) is 11.9 Å². The van der Waals surface area contributed by atoms with Gasteiger partial charge < -0.3 is 5.11 Å². The molecule has 5 nitrogen and oxygen atoms in total. The van der Waals surface area contributed by atoms with Crippen LogP contribution >= 0.6 is 0 Å². The molecule has 0 unspecified atom stereocenters. The van der Waals surface area contributed by atoms with Gasteiger partial charge in [0.05, 0.1) is 23.9 Å². The molecule has 1 aromatic rings. The first kappa shape index (κ1) is 11.4. The van der Waals surface area contributed by atoms with Crippen LogP contribution in [-0.4, -0.2) is 26.1 Å². The van der Waals surface area contributed by atoms with Crippen molar-refractivity contribution in [2.45, 2.75) is 50.5 Å². The Hall–Kier alpha value is -1.39. The van der Waals surface area contributed by atoms with Gasteiger partial charge in [-0.15, -0.1) is 5.10 Å². The van der Waals surface area contributed by atoms with Gasteiger partial charge in [-0.2, -0.15) is 0 Å². The minimum Gasteiger partial charge on any atom is -0.481 e. The van der Waals surface area contributed by atoms with E-state index in [1.165, 1.54) is 38.5 Å². The summed E-state index contributed by atoms with van der Waals surface area (Å²) in [6.45, 7) is 0. The van der Waals surface area contributed by atoms with Gasteiger partial charge in [0, 0.05) is 0 Å². The summed E-state index contributed by atoms with van der Waals surface area (Å²) in [4.78, 5) is 11.0. The van der Waals surface area contributed by atoms with E-state index in [9.17, 15) is 4.79 Å². The SMILES string of the molecule is O=C(O)Cc1cnnn1C12CC3CC(CC(C3)C1)C2. The number of hydrogen-bond acceptors (Lipinski definition) is 3. The van der Waals surface area contributed by atoms with Gasteiger partial charge >= 0.3 is 5.97 Å². The maximum Gasteiger partial charge on any atom is 0.309 e. The lowest BCUT2D eigenvalue weighted by molar-refractivity contribution is -0.136. The minimum absolute atomic E-state index is 0.0365. The highest BCUT2D eigenvalue weighted by atomic mass is 16.4. The molecule has 4 fully saturated rings. The van der Waals surface area contributed by atoms with Crippen LogP contribution in [0.4, 0.5) is 0 Å². The van der Waals surface area contributed by atoms with E-state index in [-0.39, 0.29) is 12.0 Å². The number of rotatable bonds is 3. The Bertz CT molecular complexity index is 487. The smallest absolute Gasteiger partial charge is 0.309 e. The average molecular weight is 261 g/mol. The van der Waals surface area contributed by atoms with E-state index in [0.29, 0.717) is 0 Å². The van der Waals surface area contributed by atoms with Crippen LogP contribution in [0, 0.1) is 17.8 Å². The molecule has 0 spiro atoms. The summed E-state index contributed by atoms with van der Waals surface area (Å²) < 4.78 is 1.98. The first-order valence-corrected chi connectivity index (χ1v) is 7.26. The number of carbonyl (C=O) groups is 1. The van der Waals surface area contributed by atoms with E-state index >= 15 is 0 Å². The van der Waals surface area contributed by atoms with Gasteiger partial charge in [0.25, 0.3) is 0 Å². The lowest BCUT2D eigenvalue weighted by Gasteiger charge is -2.56. The zero-order chi connectivity index (χ0) is 13.0. The summed E-state index contributed by atoms with van der Waals surface area (Å²) >= 11 is 0. The molecule has 0 saturated heterocycles. The fourth-order valence-corrected chi connectivity index (χ4v) is 5.26. The lowest BCUT2D eigenvalue weighted by atomic mass is 9.53. The van der Waals surface area contributed by atoms with Gasteiger partial charge in [0.1, 0.15) is 0 Å². The molecule has 4 aliphatic carbocycles. The first-order chi connectivity index (χ1) is 9.14. The van der Waals surface area contributed by atoms with Crippen molar-refractivity contribution in [1.29, 1.82) is 0 Å². The van der Waals surface area contributed by atoms with Crippen LogP contribution in [0.5, 0.6) is 0 Å². The van der Waals surface area contributed by atoms with Crippen LogP contribution < -0.4 is 0 Å². The average Bonchev–Trinajstić information content (AvgIpc) is 2.74. The molecule has 0 aliphatic heterocycles. The van der Waals surface area contributed by atoms with Crippen molar-refractivity contribution >= 4 is 5.97 Å². The maximum atomic E-state index is 11.0. The Morgan fingerprint density at radius 3 is 2.37 bits per heavy atom. The molecule has 0 aromatic carbocycles. The van der Waals surface area contributed by atoms with E-state index in [0.717, 1.165) is 23.4 Å². The van der Waals surface area contributed by atoms with Crippen LogP contribution in [0.2, 0.25) is 0 Å². The van der Waals surface area contributed by atoms with Crippen LogP contribution in [0.1, 0.15) is 44.2 Å². The van der Waals surface area contributed by atoms with Gasteiger partial charge in [0.2, 0.25) is 0 Å². The highest BCUT2D eigenvalue weighted by Crippen LogP contribution is 2.58. The predicted molar refractivity (Wildman–Crippen MR) is 67.5 cm³/mol. The molecule has 5 heteroatoms. The van der Waals surface area contributed by atoms with Gasteiger partial charge in [-0.25, -0.2) is 4.68 Å². The number of aromatic nitrogens is 3. The van der Waals surface area contributed by atoms with E-state index < -0.39 is 5.97 Å². The Morgan fingerprint density at radius 1 is 1.26 bits per heavy atom. The molecule has 4 bridgehead atoms. The molecular formula is C14H19N3O2. The van der Waals surface area contributed by atoms with Crippen molar-refractivity contribution in [2.75, 3.05) is 0 Å². The predicted octanol–water partition coefficient (Wildman–Crippen LogP) is 1.83. The molecule has 4 saturated carbocycles. The summed E-state index contributed by atoms with van der Waals surface area (Å²) in [6.07, 6.45) is 9.33. The number of carboxylic acid groups (broad SMARTS) is 1. The summed E-state index contributed by atoms with van der Waals surface area (Å²) in [6, 6.07) is 0. The third-order valence-electron chi connectivity index (χ3n) is 5.41. The summed E-state index contributed by atoms with van der Waals surface area (Å²) in [5.74, 6) is 1.68. The number of carboxylic acids is 1. The topological polar surface area (TPSA) is 68.0 Å². The van der Waals surface area contributed by atoms with Crippen molar-refractivity contribution in [1.82, 2.24) is 15.0 Å². The standard InChI is InChI=1S/C14H19N3O2/c18-13(19)4-12-8-15-16-17(12)14-5-9-1-10(6-14)3-11(2-9)7-14/h8-11H,1-7H2,(H,18,19). The van der Waals surface area contributed by atoms with Crippen LogP contribution in [0.15, 0.2) is 6.20 Å². The Balaban J connectivity index is 1.72. The lowest BCUT2D eigenvalue weighted by Crippen LogP contribution is -2.52. The zero-order valence-corrected chi connectivity index (χ0v) is 11.0. The van der Waals surface area contributed by atoms with E-state index in [2.05, 4.69) is 10.3 Å². The summed E-state index contributed by atoms with van der Waals surface area (Å²) in [7, 11) is 0. The molecule has 1 aromatic heterocycles. The molecule has 1 N–H and O–H groups in total. The zero-order valence-electron chi connectivity index (χ0n) is 11.0. The van der Waals surface area contributed by atoms with Gasteiger partial charge in [-0.3, -0.25) is 4.79 Å². The summed E-state index contributed by atoms with van der Waals surface area (Å²) in [5, 5.41) is 17.3. The second-order valence-corrected chi connectivity index (χ2v) is 6.85. The Morgan fingerprint density at radius 2 is 1.84 bits per heavy atom. The monoisotopic (exact) mass is 261 g/mol. The third kappa shape index (κ3) is 1.70. The van der Waals surface area contributed by atoms with Crippen molar-refractivity contribution < 1.29 is 9.90 Å². The van der Waals surface area contributed by atoms with Crippen molar-refractivity contribution in [3.63, 3.8) is 0 Å². The highest BCUT2D eigenvalue weighted by molar-refractivity contribution is 5.69. The first-order valence-electron chi connectivity index (χ1n) is 7.26. The highest BCUT2D eigenvalue weighted by Gasteiger charge is 2.53. The molecule has 1 heterocycles. The second-order valence-electron chi connectivity index (χ2n) is 6.85. The minimum atomic E-state index is -0.798. The quantitative estimate of drug-likeness (QED) is 0.901. The van der Waals surface area contributed by atoms with Crippen molar-refractivity contribution in [3.8, 4) is 0 Å². The normalized spacial score (nSPS) is 39.7. The largest absolute Gasteiger partial charge is 0.481 e. The number of nitrogens with zero attached hydrogens (tertiary/aromatic N) is 3. The molecule has 0 amide bonds. The van der Waals surface area contributed by atoms with Gasteiger partial charge in [-0.05, 0) is 56.3 Å². The Kier molecular flexibility index (Phi) is 2.29. The molecular weight excluding hydrogens is 242 g/mol. The fraction of sp³-hybridized carbons (Fsp3) is 0.786. The van der Waals surface area contributed by atoms with E-state index in [1.54, 1.807) is 6.20 Å². The molecule has 19 heavy (non-hydrogen) atoms. The molecule has 4 aliphatic rings. The van der Waals surface area contributed by atoms with E-state index in [1.807, 2.05) is 4.68 Å². The second kappa shape index (κ2) is 3.81. The molecule has 102 valence electrons. The number of aliphatic carboxylic acids is 1. The maximum absolute atomic E-state index is 11.0. The molecule has 0 radical (unpaired) electrons. The Labute approximate surface area is 112 Å². The van der Waals surface area contributed by atoms with Crippen molar-refractivity contribution in [2.24, 2.45) is 17.8 Å². The van der Waals surface area contributed by atoms with Crippen LogP contribution in [-0.2, 0) is 16.8 Å². The van der Waals surface area contributed by atoms with E-state index in [4.69, 9.17) is 5.11 Å². The fourth-order valence-electron chi connectivity index (χ4n) is 5.26. The van der Waals surface area contributed by atoms with Gasteiger partial charge in [-0.1, -0.05) is 5.21 Å². The molecule has 5 rings (SSSR count). The molecule has 0 atom stereocenters. The van der Waals surface area contributed by atoms with Crippen LogP contribution in [0.3, 0.4) is 0 Å². The summed E-state index contributed by atoms with van der Waals surface area (Å²) in [5.41, 5.74) is 0.852.